The van der Waals surface area contributed by atoms with Gasteiger partial charge in [0.1, 0.15) is 18.6 Å². The van der Waals surface area contributed by atoms with E-state index < -0.39 is 48.4 Å². The van der Waals surface area contributed by atoms with Crippen LogP contribution in [0.2, 0.25) is 0 Å². The molecule has 0 aliphatic heterocycles. The van der Waals surface area contributed by atoms with Crippen LogP contribution in [0.1, 0.15) is 46.1 Å². The van der Waals surface area contributed by atoms with E-state index in [1.54, 1.807) is 6.20 Å². The number of para-hydroxylation sites is 1. The molecule has 0 aliphatic rings. The highest BCUT2D eigenvalue weighted by Crippen LogP contribution is 2.19. The molecule has 0 aliphatic carbocycles. The third-order valence-electron chi connectivity index (χ3n) is 6.05. The molecule has 1 heterocycles. The van der Waals surface area contributed by atoms with Gasteiger partial charge in [-0.1, -0.05) is 52.3 Å². The highest BCUT2D eigenvalue weighted by atomic mass is 16.4. The summed E-state index contributed by atoms with van der Waals surface area (Å²) in [6.45, 7) is 7.02. The number of nitrogens with one attached hydrogen (secondary N) is 4. The molecule has 0 bridgehead atoms. The normalized spacial score (nSPS) is 14.7. The second-order valence-electron chi connectivity index (χ2n) is 9.34. The molecule has 2 aromatic rings. The summed E-state index contributed by atoms with van der Waals surface area (Å²) in [5.74, 6) is -2.80. The summed E-state index contributed by atoms with van der Waals surface area (Å²) >= 11 is 0. The lowest BCUT2D eigenvalue weighted by Crippen LogP contribution is -2.57. The fraction of sp³-hybridized carbons (Fsp3) is 0.520. The average molecular weight is 488 g/mol. The predicted octanol–water partition coefficient (Wildman–Crippen LogP) is 1.30. The van der Waals surface area contributed by atoms with E-state index in [1.165, 1.54) is 0 Å². The Kier molecular flexibility index (Phi) is 10.3. The Morgan fingerprint density at radius 2 is 1.66 bits per heavy atom. The Labute approximate surface area is 205 Å². The van der Waals surface area contributed by atoms with Crippen molar-refractivity contribution in [3.63, 3.8) is 0 Å². The maximum Gasteiger partial charge on any atom is 0.322 e. The largest absolute Gasteiger partial charge is 0.480 e. The first-order chi connectivity index (χ1) is 16.5. The second-order valence-corrected chi connectivity index (χ2v) is 9.34. The maximum atomic E-state index is 13.4. The predicted molar refractivity (Wildman–Crippen MR) is 133 cm³/mol. The highest BCUT2D eigenvalue weighted by molar-refractivity contribution is 5.94. The number of carbonyl (C=O) groups excluding carboxylic acids is 3. The van der Waals surface area contributed by atoms with Crippen molar-refractivity contribution in [3.8, 4) is 0 Å². The molecule has 10 heteroatoms. The van der Waals surface area contributed by atoms with Gasteiger partial charge in [0.25, 0.3) is 0 Å². The first-order valence-electron chi connectivity index (χ1n) is 11.9. The Morgan fingerprint density at radius 3 is 2.29 bits per heavy atom. The molecule has 0 spiro atoms. The lowest BCUT2D eigenvalue weighted by atomic mass is 9.97. The van der Waals surface area contributed by atoms with Gasteiger partial charge in [-0.05, 0) is 29.9 Å². The molecule has 2 rings (SSSR count). The summed E-state index contributed by atoms with van der Waals surface area (Å²) in [4.78, 5) is 52.8. The van der Waals surface area contributed by atoms with Gasteiger partial charge >= 0.3 is 5.97 Å². The van der Waals surface area contributed by atoms with Gasteiger partial charge in [-0.2, -0.15) is 0 Å². The van der Waals surface area contributed by atoms with Gasteiger partial charge in [-0.15, -0.1) is 0 Å². The Hall–Kier alpha value is -3.40. The maximum absolute atomic E-state index is 13.4. The molecule has 4 unspecified atom stereocenters. The van der Waals surface area contributed by atoms with Crippen LogP contribution in [0.25, 0.3) is 10.9 Å². The van der Waals surface area contributed by atoms with Crippen LogP contribution in [0.4, 0.5) is 0 Å². The van der Waals surface area contributed by atoms with Gasteiger partial charge in [-0.25, -0.2) is 0 Å². The molecule has 7 N–H and O–H groups in total. The van der Waals surface area contributed by atoms with Crippen LogP contribution in [-0.2, 0) is 25.6 Å². The Morgan fingerprint density at radius 1 is 1.00 bits per heavy atom. The van der Waals surface area contributed by atoms with Crippen molar-refractivity contribution in [2.24, 2.45) is 17.6 Å². The van der Waals surface area contributed by atoms with Gasteiger partial charge in [0.15, 0.2) is 0 Å². The number of rotatable bonds is 13. The summed E-state index contributed by atoms with van der Waals surface area (Å²) in [6, 6.07) is 4.89. The molecule has 1 aromatic heterocycles. The van der Waals surface area contributed by atoms with Gasteiger partial charge in [-0.3, -0.25) is 19.2 Å². The van der Waals surface area contributed by atoms with E-state index in [4.69, 9.17) is 10.8 Å². The molecule has 0 fully saturated rings. The van der Waals surface area contributed by atoms with Crippen molar-refractivity contribution >= 4 is 34.6 Å². The van der Waals surface area contributed by atoms with E-state index in [2.05, 4.69) is 20.9 Å². The number of hydrogen-bond donors (Lipinski definition) is 6. The number of fused-ring (bicyclic) bond motifs is 1. The summed E-state index contributed by atoms with van der Waals surface area (Å²) in [6.07, 6.45) is 2.97. The molecule has 1 aromatic carbocycles. The van der Waals surface area contributed by atoms with E-state index in [-0.39, 0.29) is 18.3 Å². The van der Waals surface area contributed by atoms with Crippen LogP contribution in [0, 0.1) is 11.8 Å². The zero-order valence-corrected chi connectivity index (χ0v) is 20.8. The zero-order chi connectivity index (χ0) is 26.1. The number of benzene rings is 1. The second kappa shape index (κ2) is 12.9. The van der Waals surface area contributed by atoms with Crippen molar-refractivity contribution < 1.29 is 24.3 Å². The number of carboxylic acid groups (broad SMARTS) is 1. The van der Waals surface area contributed by atoms with Gasteiger partial charge < -0.3 is 31.8 Å². The molecular weight excluding hydrogens is 450 g/mol. The van der Waals surface area contributed by atoms with E-state index in [0.29, 0.717) is 12.8 Å². The fourth-order valence-electron chi connectivity index (χ4n) is 3.77. The van der Waals surface area contributed by atoms with Gasteiger partial charge in [0, 0.05) is 23.5 Å². The molecule has 0 radical (unpaired) electrons. The number of hydrogen-bond acceptors (Lipinski definition) is 5. The quantitative estimate of drug-likeness (QED) is 0.249. The van der Waals surface area contributed by atoms with E-state index in [0.717, 1.165) is 16.5 Å². The standard InChI is InChI=1S/C25H37N5O5/c1-5-15(4)22(26)25(35)30-20(11-16-12-27-18-9-7-6-8-17(16)18)24(34)29-19(10-14(2)3)23(33)28-13-21(31)32/h6-9,12,14-15,19-20,22,27H,5,10-11,13,26H2,1-4H3,(H,28,33)(H,29,34)(H,30,35)(H,31,32). The number of amides is 3. The van der Waals surface area contributed by atoms with Crippen molar-refractivity contribution in [3.05, 3.63) is 36.0 Å². The van der Waals surface area contributed by atoms with Crippen molar-refractivity contribution in [1.29, 1.82) is 0 Å². The van der Waals surface area contributed by atoms with Crippen molar-refractivity contribution in [1.82, 2.24) is 20.9 Å². The number of carboxylic acids is 1. The van der Waals surface area contributed by atoms with Crippen LogP contribution in [0.5, 0.6) is 0 Å². The summed E-state index contributed by atoms with van der Waals surface area (Å²) in [5, 5.41) is 17.6. The minimum atomic E-state index is -1.18. The number of aromatic amines is 1. The Bertz CT molecular complexity index is 1030. The van der Waals surface area contributed by atoms with E-state index in [1.807, 2.05) is 52.0 Å². The summed E-state index contributed by atoms with van der Waals surface area (Å²) in [5.41, 5.74) is 7.82. The molecule has 3 amide bonds. The molecule has 0 saturated carbocycles. The number of H-pyrrole nitrogens is 1. The van der Waals surface area contributed by atoms with Gasteiger partial charge in [0.05, 0.1) is 6.04 Å². The third-order valence-corrected chi connectivity index (χ3v) is 6.05. The number of aromatic nitrogens is 1. The number of aliphatic carboxylic acids is 1. The molecular formula is C25H37N5O5. The summed E-state index contributed by atoms with van der Waals surface area (Å²) in [7, 11) is 0. The van der Waals surface area contributed by atoms with Crippen LogP contribution < -0.4 is 21.7 Å². The number of carbonyl (C=O) groups is 4. The molecule has 35 heavy (non-hydrogen) atoms. The SMILES string of the molecule is CCC(C)C(N)C(=O)NC(Cc1c[nH]c2ccccc12)C(=O)NC(CC(C)C)C(=O)NCC(=O)O. The monoisotopic (exact) mass is 487 g/mol. The third kappa shape index (κ3) is 8.10. The van der Waals surface area contributed by atoms with Crippen LogP contribution in [0.15, 0.2) is 30.5 Å². The van der Waals surface area contributed by atoms with Gasteiger partial charge in [0.2, 0.25) is 17.7 Å². The Balaban J connectivity index is 2.28. The average Bonchev–Trinajstić information content (AvgIpc) is 3.22. The minimum absolute atomic E-state index is 0.0522. The van der Waals surface area contributed by atoms with Crippen LogP contribution >= 0.6 is 0 Å². The molecule has 192 valence electrons. The molecule has 0 saturated heterocycles. The fourth-order valence-corrected chi connectivity index (χ4v) is 3.77. The highest BCUT2D eigenvalue weighted by Gasteiger charge is 2.30. The molecule has 4 atom stereocenters. The smallest absolute Gasteiger partial charge is 0.322 e. The first-order valence-corrected chi connectivity index (χ1v) is 11.9. The van der Waals surface area contributed by atoms with Crippen molar-refractivity contribution in [2.45, 2.75) is 65.1 Å². The van der Waals surface area contributed by atoms with Crippen LogP contribution in [0.3, 0.4) is 0 Å². The minimum Gasteiger partial charge on any atom is -0.480 e. The van der Waals surface area contributed by atoms with E-state index >= 15 is 0 Å². The lowest BCUT2D eigenvalue weighted by molar-refractivity contribution is -0.138. The van der Waals surface area contributed by atoms with Crippen molar-refractivity contribution in [2.75, 3.05) is 6.54 Å². The lowest BCUT2D eigenvalue weighted by Gasteiger charge is -2.26. The first kappa shape index (κ1) is 27.8. The number of nitrogens with two attached hydrogens (primary N) is 1. The van der Waals surface area contributed by atoms with E-state index in [9.17, 15) is 19.2 Å². The topological polar surface area (TPSA) is 166 Å². The zero-order valence-electron chi connectivity index (χ0n) is 20.8. The summed E-state index contributed by atoms with van der Waals surface area (Å²) < 4.78 is 0. The molecule has 10 nitrogen and oxygen atoms in total. The van der Waals surface area contributed by atoms with Crippen LogP contribution in [-0.4, -0.2) is 58.5 Å².